The molecule has 3 heteroatoms. The summed E-state index contributed by atoms with van der Waals surface area (Å²) in [4.78, 5) is 13.6. The van der Waals surface area contributed by atoms with Gasteiger partial charge in [0.05, 0.1) is 6.04 Å². The summed E-state index contributed by atoms with van der Waals surface area (Å²) in [5, 5.41) is 2.88. The van der Waals surface area contributed by atoms with Crippen molar-refractivity contribution < 1.29 is 4.79 Å². The molecule has 1 unspecified atom stereocenters. The summed E-state index contributed by atoms with van der Waals surface area (Å²) in [5.74, 6) is 0.179. The first-order valence-electron chi connectivity index (χ1n) is 4.92. The highest BCUT2D eigenvalue weighted by Gasteiger charge is 2.26. The quantitative estimate of drug-likeness (QED) is 0.654. The highest BCUT2D eigenvalue weighted by molar-refractivity contribution is 5.82. The second-order valence-electron chi connectivity index (χ2n) is 3.28. The van der Waals surface area contributed by atoms with E-state index in [1.807, 2.05) is 13.0 Å². The first-order valence-corrected chi connectivity index (χ1v) is 4.92. The van der Waals surface area contributed by atoms with Gasteiger partial charge in [0.15, 0.2) is 0 Å². The highest BCUT2D eigenvalue weighted by atomic mass is 16.2. The fraction of sp³-hybridized carbons (Fsp3) is 0.700. The summed E-state index contributed by atoms with van der Waals surface area (Å²) in [7, 11) is 0. The maximum Gasteiger partial charge on any atom is 0.237 e. The maximum atomic E-state index is 11.4. The second-order valence-corrected chi connectivity index (χ2v) is 3.28. The molecule has 0 aromatic heterocycles. The molecule has 1 rings (SSSR count). The molecule has 0 aromatic carbocycles. The topological polar surface area (TPSA) is 32.3 Å². The molecule has 1 aliphatic heterocycles. The summed E-state index contributed by atoms with van der Waals surface area (Å²) in [5.41, 5.74) is 0. The fourth-order valence-electron chi connectivity index (χ4n) is 1.67. The Labute approximate surface area is 79.8 Å². The predicted octanol–water partition coefficient (Wildman–Crippen LogP) is 0.773. The highest BCUT2D eigenvalue weighted by Crippen LogP contribution is 2.07. The Balaban J connectivity index is 2.53. The Morgan fingerprint density at radius 1 is 1.69 bits per heavy atom. The van der Waals surface area contributed by atoms with Crippen LogP contribution in [0, 0.1) is 0 Å². The maximum absolute atomic E-state index is 11.4. The largest absolute Gasteiger partial charge is 0.353 e. The number of piperazine rings is 1. The van der Waals surface area contributed by atoms with E-state index in [-0.39, 0.29) is 11.9 Å². The smallest absolute Gasteiger partial charge is 0.237 e. The number of nitrogens with one attached hydrogen (secondary N) is 1. The summed E-state index contributed by atoms with van der Waals surface area (Å²) >= 11 is 0. The number of hydrogen-bond donors (Lipinski definition) is 1. The monoisotopic (exact) mass is 182 g/mol. The van der Waals surface area contributed by atoms with E-state index in [1.54, 1.807) is 0 Å². The number of amides is 1. The number of hydrogen-bond acceptors (Lipinski definition) is 2. The lowest BCUT2D eigenvalue weighted by atomic mass is 10.1. The van der Waals surface area contributed by atoms with Crippen molar-refractivity contribution in [1.29, 1.82) is 0 Å². The standard InChI is InChI=1S/C10H18N2O/c1-3-5-7-12-8-6-11-10(13)9(12)4-2/h3,5,9H,4,6-8H2,1-2H3,(H,11,13)/b5-3+. The second kappa shape index (κ2) is 5.02. The van der Waals surface area contributed by atoms with Gasteiger partial charge in [0.1, 0.15) is 0 Å². The summed E-state index contributed by atoms with van der Waals surface area (Å²) in [6.07, 6.45) is 5.02. The van der Waals surface area contributed by atoms with Gasteiger partial charge in [-0.15, -0.1) is 0 Å². The molecule has 1 saturated heterocycles. The van der Waals surface area contributed by atoms with Crippen molar-refractivity contribution in [3.63, 3.8) is 0 Å². The average Bonchev–Trinajstić information content (AvgIpc) is 2.15. The normalized spacial score (nSPS) is 25.1. The molecule has 3 nitrogen and oxygen atoms in total. The van der Waals surface area contributed by atoms with E-state index in [2.05, 4.69) is 23.2 Å². The van der Waals surface area contributed by atoms with Crippen LogP contribution in [0.2, 0.25) is 0 Å². The van der Waals surface area contributed by atoms with Gasteiger partial charge < -0.3 is 5.32 Å². The van der Waals surface area contributed by atoms with Gasteiger partial charge >= 0.3 is 0 Å². The number of carbonyl (C=O) groups is 1. The van der Waals surface area contributed by atoms with Crippen LogP contribution in [-0.2, 0) is 4.79 Å². The zero-order chi connectivity index (χ0) is 9.68. The van der Waals surface area contributed by atoms with Crippen molar-refractivity contribution >= 4 is 5.91 Å². The van der Waals surface area contributed by atoms with E-state index in [9.17, 15) is 4.79 Å². The third kappa shape index (κ3) is 2.56. The van der Waals surface area contributed by atoms with Crippen LogP contribution in [0.1, 0.15) is 20.3 Å². The minimum absolute atomic E-state index is 0.0740. The van der Waals surface area contributed by atoms with Crippen LogP contribution >= 0.6 is 0 Å². The molecule has 1 heterocycles. The summed E-state index contributed by atoms with van der Waals surface area (Å²) in [6, 6.07) is 0.0740. The molecular weight excluding hydrogens is 164 g/mol. The van der Waals surface area contributed by atoms with Crippen LogP contribution in [0.25, 0.3) is 0 Å². The summed E-state index contributed by atoms with van der Waals surface area (Å²) < 4.78 is 0. The zero-order valence-electron chi connectivity index (χ0n) is 8.42. The Morgan fingerprint density at radius 2 is 2.46 bits per heavy atom. The molecule has 1 amide bonds. The zero-order valence-corrected chi connectivity index (χ0v) is 8.42. The van der Waals surface area contributed by atoms with Gasteiger partial charge in [-0.1, -0.05) is 19.1 Å². The van der Waals surface area contributed by atoms with E-state index in [0.29, 0.717) is 0 Å². The minimum atomic E-state index is 0.0740. The molecule has 1 fully saturated rings. The Hall–Kier alpha value is -0.830. The van der Waals surface area contributed by atoms with Gasteiger partial charge in [-0.25, -0.2) is 0 Å². The van der Waals surface area contributed by atoms with Crippen molar-refractivity contribution in [2.45, 2.75) is 26.3 Å². The molecule has 0 aliphatic carbocycles. The Bertz CT molecular complexity index is 201. The van der Waals surface area contributed by atoms with Crippen molar-refractivity contribution in [3.05, 3.63) is 12.2 Å². The minimum Gasteiger partial charge on any atom is -0.353 e. The van der Waals surface area contributed by atoms with Gasteiger partial charge in [0.25, 0.3) is 0 Å². The van der Waals surface area contributed by atoms with Gasteiger partial charge in [-0.2, -0.15) is 0 Å². The van der Waals surface area contributed by atoms with Crippen LogP contribution < -0.4 is 5.32 Å². The lowest BCUT2D eigenvalue weighted by molar-refractivity contribution is -0.128. The number of allylic oxidation sites excluding steroid dienone is 1. The van der Waals surface area contributed by atoms with E-state index in [1.165, 1.54) is 0 Å². The number of nitrogens with zero attached hydrogens (tertiary/aromatic N) is 1. The Morgan fingerprint density at radius 3 is 3.08 bits per heavy atom. The van der Waals surface area contributed by atoms with Crippen molar-refractivity contribution in [2.75, 3.05) is 19.6 Å². The molecule has 0 aromatic rings. The van der Waals surface area contributed by atoms with Crippen LogP contribution in [0.15, 0.2) is 12.2 Å². The van der Waals surface area contributed by atoms with Gasteiger partial charge in [0.2, 0.25) is 5.91 Å². The van der Waals surface area contributed by atoms with Crippen LogP contribution in [0.5, 0.6) is 0 Å². The molecule has 0 spiro atoms. The van der Waals surface area contributed by atoms with Crippen molar-refractivity contribution in [2.24, 2.45) is 0 Å². The molecule has 0 radical (unpaired) electrons. The summed E-state index contributed by atoms with van der Waals surface area (Å²) in [6.45, 7) is 6.70. The van der Waals surface area contributed by atoms with Gasteiger partial charge in [0, 0.05) is 19.6 Å². The first kappa shape index (κ1) is 10.3. The molecule has 0 bridgehead atoms. The van der Waals surface area contributed by atoms with E-state index in [4.69, 9.17) is 0 Å². The van der Waals surface area contributed by atoms with Gasteiger partial charge in [-0.05, 0) is 13.3 Å². The third-order valence-corrected chi connectivity index (χ3v) is 2.40. The van der Waals surface area contributed by atoms with Crippen LogP contribution in [-0.4, -0.2) is 36.5 Å². The molecule has 13 heavy (non-hydrogen) atoms. The SMILES string of the molecule is C/C=C/CN1CCNC(=O)C1CC. The predicted molar refractivity (Wildman–Crippen MR) is 53.5 cm³/mol. The average molecular weight is 182 g/mol. The molecule has 0 saturated carbocycles. The molecule has 74 valence electrons. The lowest BCUT2D eigenvalue weighted by Crippen LogP contribution is -2.54. The van der Waals surface area contributed by atoms with Crippen LogP contribution in [0.4, 0.5) is 0 Å². The number of carbonyl (C=O) groups excluding carboxylic acids is 1. The third-order valence-electron chi connectivity index (χ3n) is 2.40. The Kier molecular flexibility index (Phi) is 3.96. The molecular formula is C10H18N2O. The van der Waals surface area contributed by atoms with E-state index < -0.39 is 0 Å². The van der Waals surface area contributed by atoms with Crippen molar-refractivity contribution in [1.82, 2.24) is 10.2 Å². The molecule has 1 N–H and O–H groups in total. The molecule has 1 atom stereocenters. The lowest BCUT2D eigenvalue weighted by Gasteiger charge is -2.33. The van der Waals surface area contributed by atoms with Gasteiger partial charge in [-0.3, -0.25) is 9.69 Å². The molecule has 1 aliphatic rings. The van der Waals surface area contributed by atoms with Crippen LogP contribution in [0.3, 0.4) is 0 Å². The van der Waals surface area contributed by atoms with E-state index >= 15 is 0 Å². The van der Waals surface area contributed by atoms with Crippen molar-refractivity contribution in [3.8, 4) is 0 Å². The number of rotatable bonds is 3. The van der Waals surface area contributed by atoms with E-state index in [0.717, 1.165) is 26.1 Å². The fourth-order valence-corrected chi connectivity index (χ4v) is 1.67. The first-order chi connectivity index (χ1) is 6.29.